The highest BCUT2D eigenvalue weighted by Gasteiger charge is 2.31. The minimum Gasteiger partial charge on any atom is -0.352 e. The summed E-state index contributed by atoms with van der Waals surface area (Å²) in [5.74, 6) is 2.21. The third-order valence-electron chi connectivity index (χ3n) is 6.48. The summed E-state index contributed by atoms with van der Waals surface area (Å²) in [5, 5.41) is 7.62. The zero-order chi connectivity index (χ0) is 24.7. The molecule has 1 amide bonds. The second-order valence-electron chi connectivity index (χ2n) is 10.9. The van der Waals surface area contributed by atoms with Crippen LogP contribution in [0.5, 0.6) is 0 Å². The van der Waals surface area contributed by atoms with Gasteiger partial charge in [-0.25, -0.2) is 4.98 Å². The number of rotatable bonds is 4. The van der Waals surface area contributed by atoms with E-state index in [0.29, 0.717) is 37.8 Å². The molecular formula is C28H33N5O2. The summed E-state index contributed by atoms with van der Waals surface area (Å²) < 4.78 is 5.78. The van der Waals surface area contributed by atoms with Crippen molar-refractivity contribution in [3.63, 3.8) is 0 Å². The maximum absolute atomic E-state index is 12.8. The number of hydrogen-bond donors (Lipinski definition) is 0. The van der Waals surface area contributed by atoms with Gasteiger partial charge in [0.15, 0.2) is 0 Å². The summed E-state index contributed by atoms with van der Waals surface area (Å²) in [5.41, 5.74) is 1.87. The molecule has 2 aromatic heterocycles. The van der Waals surface area contributed by atoms with Crippen molar-refractivity contribution < 1.29 is 9.32 Å². The van der Waals surface area contributed by atoms with Gasteiger partial charge in [0.2, 0.25) is 5.91 Å². The molecule has 7 heteroatoms. The van der Waals surface area contributed by atoms with E-state index in [9.17, 15) is 4.79 Å². The van der Waals surface area contributed by atoms with Gasteiger partial charge in [0.25, 0.3) is 5.71 Å². The zero-order valence-electron chi connectivity index (χ0n) is 21.2. The van der Waals surface area contributed by atoms with E-state index >= 15 is 0 Å². The Labute approximate surface area is 206 Å². The lowest BCUT2D eigenvalue weighted by Crippen LogP contribution is -2.52. The summed E-state index contributed by atoms with van der Waals surface area (Å²) in [6.45, 7) is 13.0. The van der Waals surface area contributed by atoms with Gasteiger partial charge in [0.1, 0.15) is 22.7 Å². The fourth-order valence-corrected chi connectivity index (χ4v) is 4.69. The number of hydrogen-bond acceptors (Lipinski definition) is 6. The molecule has 5 rings (SSSR count). The molecule has 2 aromatic carbocycles. The van der Waals surface area contributed by atoms with Gasteiger partial charge in [-0.3, -0.25) is 4.79 Å². The number of amides is 1. The fourth-order valence-electron chi connectivity index (χ4n) is 4.69. The van der Waals surface area contributed by atoms with Crippen LogP contribution in [0.15, 0.2) is 47.0 Å². The first-order valence-corrected chi connectivity index (χ1v) is 12.4. The van der Waals surface area contributed by atoms with Crippen molar-refractivity contribution in [3.8, 4) is 11.3 Å². The highest BCUT2D eigenvalue weighted by Crippen LogP contribution is 2.35. The quantitative estimate of drug-likeness (QED) is 0.400. The van der Waals surface area contributed by atoms with Gasteiger partial charge in [-0.1, -0.05) is 76.2 Å². The molecule has 1 aliphatic heterocycles. The lowest BCUT2D eigenvalue weighted by molar-refractivity contribution is -0.139. The van der Waals surface area contributed by atoms with Gasteiger partial charge in [-0.2, -0.15) is 4.98 Å². The molecule has 0 unspecified atom stereocenters. The van der Waals surface area contributed by atoms with Crippen molar-refractivity contribution in [1.82, 2.24) is 20.0 Å². The lowest BCUT2D eigenvalue weighted by Gasteiger charge is -2.38. The molecule has 0 radical (unpaired) electrons. The van der Waals surface area contributed by atoms with Crippen LogP contribution in [0.3, 0.4) is 0 Å². The molecule has 0 atom stereocenters. The third-order valence-corrected chi connectivity index (χ3v) is 6.48. The number of carbonyl (C=O) groups excluding carboxylic acids is 1. The minimum absolute atomic E-state index is 0.187. The van der Waals surface area contributed by atoms with Crippen LogP contribution in [-0.2, 0) is 11.2 Å². The number of carbonyl (C=O) groups is 1. The predicted octanol–water partition coefficient (Wildman–Crippen LogP) is 5.33. The molecule has 0 aliphatic carbocycles. The van der Waals surface area contributed by atoms with E-state index in [1.807, 2.05) is 37.8 Å². The monoisotopic (exact) mass is 471 g/mol. The summed E-state index contributed by atoms with van der Waals surface area (Å²) in [7, 11) is 0. The predicted molar refractivity (Wildman–Crippen MR) is 139 cm³/mol. The molecule has 0 bridgehead atoms. The van der Waals surface area contributed by atoms with Crippen LogP contribution in [0, 0.1) is 11.3 Å². The van der Waals surface area contributed by atoms with Gasteiger partial charge >= 0.3 is 0 Å². The van der Waals surface area contributed by atoms with Crippen LogP contribution in [0.1, 0.15) is 40.4 Å². The van der Waals surface area contributed by atoms with Crippen LogP contribution < -0.4 is 4.90 Å². The Morgan fingerprint density at radius 1 is 1.00 bits per heavy atom. The Kier molecular flexibility index (Phi) is 5.95. The summed E-state index contributed by atoms with van der Waals surface area (Å²) in [6.07, 6.45) is 0.761. The fraction of sp³-hybridized carbons (Fsp3) is 0.429. The molecule has 1 fully saturated rings. The lowest BCUT2D eigenvalue weighted by atomic mass is 9.94. The Bertz CT molecular complexity index is 1380. The first-order valence-electron chi connectivity index (χ1n) is 12.4. The average molecular weight is 472 g/mol. The molecule has 1 saturated heterocycles. The zero-order valence-corrected chi connectivity index (χ0v) is 21.2. The summed E-state index contributed by atoms with van der Waals surface area (Å²) in [6, 6.07) is 14.6. The van der Waals surface area contributed by atoms with Crippen LogP contribution in [-0.4, -0.2) is 52.1 Å². The van der Waals surface area contributed by atoms with Gasteiger partial charge < -0.3 is 14.3 Å². The van der Waals surface area contributed by atoms with Crippen LogP contribution in [0.25, 0.3) is 33.1 Å². The molecule has 3 heterocycles. The highest BCUT2D eigenvalue weighted by molar-refractivity contribution is 6.00. The highest BCUT2D eigenvalue weighted by atomic mass is 16.5. The number of fused-ring (bicyclic) bond motifs is 2. The number of piperazine rings is 1. The number of aromatic nitrogens is 3. The van der Waals surface area contributed by atoms with Gasteiger partial charge in [-0.15, -0.1) is 0 Å². The van der Waals surface area contributed by atoms with Gasteiger partial charge in [-0.05, 0) is 22.8 Å². The van der Waals surface area contributed by atoms with Crippen molar-refractivity contribution in [2.45, 2.75) is 41.0 Å². The van der Waals surface area contributed by atoms with E-state index in [1.165, 1.54) is 5.39 Å². The van der Waals surface area contributed by atoms with E-state index in [0.717, 1.165) is 40.1 Å². The maximum Gasteiger partial charge on any atom is 0.263 e. The Morgan fingerprint density at radius 2 is 1.71 bits per heavy atom. The number of benzene rings is 2. The molecule has 0 saturated carbocycles. The largest absolute Gasteiger partial charge is 0.352 e. The van der Waals surface area contributed by atoms with Crippen molar-refractivity contribution in [3.05, 3.63) is 48.3 Å². The van der Waals surface area contributed by atoms with Crippen molar-refractivity contribution >= 4 is 33.6 Å². The molecule has 4 aromatic rings. The average Bonchev–Trinajstić information content (AvgIpc) is 3.26. The SMILES string of the molecule is CC(C)Cc1nc(N2CCN(C(=O)C(C)(C)C)CC2)c2c(-c3ccc4ccccc4c3)noc2n1. The van der Waals surface area contributed by atoms with Crippen LogP contribution in [0.4, 0.5) is 5.82 Å². The number of anilines is 1. The minimum atomic E-state index is -0.382. The molecule has 0 N–H and O–H groups in total. The standard InChI is InChI=1S/C28H33N5O2/c1-18(2)16-22-29-25(32-12-14-33(15-13-32)27(34)28(3,4)5)23-24(31-35-26(23)30-22)21-11-10-19-8-6-7-9-20(19)17-21/h6-11,17-18H,12-16H2,1-5H3. The normalized spacial score (nSPS) is 14.9. The summed E-state index contributed by atoms with van der Waals surface area (Å²) >= 11 is 0. The van der Waals surface area contributed by atoms with E-state index in [1.54, 1.807) is 0 Å². The first kappa shape index (κ1) is 23.3. The second kappa shape index (κ2) is 8.95. The summed E-state index contributed by atoms with van der Waals surface area (Å²) in [4.78, 5) is 26.8. The molecule has 35 heavy (non-hydrogen) atoms. The van der Waals surface area contributed by atoms with E-state index in [-0.39, 0.29) is 11.3 Å². The molecule has 7 nitrogen and oxygen atoms in total. The Morgan fingerprint density at radius 3 is 2.40 bits per heavy atom. The Balaban J connectivity index is 1.56. The van der Waals surface area contributed by atoms with Gasteiger partial charge in [0.05, 0.1) is 0 Å². The third kappa shape index (κ3) is 4.59. The van der Waals surface area contributed by atoms with Crippen molar-refractivity contribution in [2.24, 2.45) is 11.3 Å². The van der Waals surface area contributed by atoms with Crippen molar-refractivity contribution in [1.29, 1.82) is 0 Å². The maximum atomic E-state index is 12.8. The molecular weight excluding hydrogens is 438 g/mol. The molecule has 0 spiro atoms. The number of nitrogens with zero attached hydrogens (tertiary/aromatic N) is 5. The second-order valence-corrected chi connectivity index (χ2v) is 10.9. The van der Waals surface area contributed by atoms with Crippen LogP contribution in [0.2, 0.25) is 0 Å². The van der Waals surface area contributed by atoms with E-state index < -0.39 is 0 Å². The smallest absolute Gasteiger partial charge is 0.263 e. The topological polar surface area (TPSA) is 75.4 Å². The molecule has 182 valence electrons. The first-order chi connectivity index (χ1) is 16.7. The molecule has 1 aliphatic rings. The Hall–Kier alpha value is -3.48. The van der Waals surface area contributed by atoms with Crippen molar-refractivity contribution in [2.75, 3.05) is 31.1 Å². The van der Waals surface area contributed by atoms with Gasteiger partial charge in [0, 0.05) is 43.6 Å². The van der Waals surface area contributed by atoms with Crippen LogP contribution >= 0.6 is 0 Å². The van der Waals surface area contributed by atoms with E-state index in [2.05, 4.69) is 54.2 Å². The van der Waals surface area contributed by atoms with E-state index in [4.69, 9.17) is 14.5 Å².